The number of hydrogen-bond acceptors (Lipinski definition) is 1. The number of benzene rings is 2. The zero-order valence-electron chi connectivity index (χ0n) is 15.1. The minimum atomic E-state index is 0.627. The van der Waals surface area contributed by atoms with E-state index in [2.05, 4.69) is 62.9 Å². The van der Waals surface area contributed by atoms with Crippen molar-refractivity contribution < 1.29 is 0 Å². The van der Waals surface area contributed by atoms with E-state index in [4.69, 9.17) is 0 Å². The van der Waals surface area contributed by atoms with Crippen molar-refractivity contribution in [1.29, 1.82) is 0 Å². The molecule has 0 spiro atoms. The van der Waals surface area contributed by atoms with Crippen molar-refractivity contribution >= 4 is 22.9 Å². The van der Waals surface area contributed by atoms with Gasteiger partial charge >= 0.3 is 0 Å². The van der Waals surface area contributed by atoms with E-state index in [0.717, 1.165) is 0 Å². The topological polar surface area (TPSA) is 0 Å². The fourth-order valence-electron chi connectivity index (χ4n) is 5.44. The Morgan fingerprint density at radius 3 is 2.56 bits per heavy atom. The Bertz CT molecular complexity index is 1130. The minimum absolute atomic E-state index is 0.627. The molecule has 1 aliphatic heterocycles. The molecule has 0 saturated heterocycles. The lowest BCUT2D eigenvalue weighted by atomic mass is 9.92. The molecule has 2 unspecified atom stereocenters. The molecule has 3 aliphatic carbocycles. The second kappa shape index (κ2) is 4.71. The summed E-state index contributed by atoms with van der Waals surface area (Å²) in [4.78, 5) is 1.60. The number of rotatable bonds is 1. The Hall–Kier alpha value is -1.73. The van der Waals surface area contributed by atoms with Crippen LogP contribution in [0, 0.1) is 13.8 Å². The van der Waals surface area contributed by atoms with Gasteiger partial charge in [-0.25, -0.2) is 0 Å². The van der Waals surface area contributed by atoms with Gasteiger partial charge in [-0.1, -0.05) is 37.3 Å². The van der Waals surface area contributed by atoms with Crippen LogP contribution in [0.1, 0.15) is 54.4 Å². The van der Waals surface area contributed by atoms with Crippen molar-refractivity contribution in [3.63, 3.8) is 0 Å². The maximum atomic E-state index is 2.56. The van der Waals surface area contributed by atoms with Crippen LogP contribution in [0.5, 0.6) is 0 Å². The average molecular weight is 343 g/mol. The predicted octanol–water partition coefficient (Wildman–Crippen LogP) is 4.93. The molecule has 0 saturated carbocycles. The van der Waals surface area contributed by atoms with Crippen molar-refractivity contribution in [2.75, 3.05) is 0 Å². The third kappa shape index (κ3) is 1.66. The quantitative estimate of drug-likeness (QED) is 0.708. The van der Waals surface area contributed by atoms with Gasteiger partial charge in [0.1, 0.15) is 0 Å². The van der Waals surface area contributed by atoms with E-state index in [-0.39, 0.29) is 0 Å². The first-order valence-corrected chi connectivity index (χ1v) is 10.4. The fraction of sp³-hybridized carbons (Fsp3) is 0.333. The summed E-state index contributed by atoms with van der Waals surface area (Å²) in [6.07, 6.45) is 6.23. The second-order valence-corrected chi connectivity index (χ2v) is 9.26. The number of hydrogen-bond donors (Lipinski definition) is 0. The molecule has 1 heteroatoms. The van der Waals surface area contributed by atoms with E-state index >= 15 is 0 Å². The highest BCUT2D eigenvalue weighted by atomic mass is 32.2. The molecule has 2 atom stereocenters. The van der Waals surface area contributed by atoms with Crippen molar-refractivity contribution in [1.82, 2.24) is 0 Å². The molecule has 25 heavy (non-hydrogen) atoms. The molecular formula is C24H22S. The SMILES string of the molecule is CCC1=CC2c3ccc4c5c3=C(CCC=5c3cc(C)c(C)cc3-4)C2S1. The van der Waals surface area contributed by atoms with E-state index < -0.39 is 0 Å². The first kappa shape index (κ1) is 14.4. The summed E-state index contributed by atoms with van der Waals surface area (Å²) in [6, 6.07) is 9.73. The molecular weight excluding hydrogens is 320 g/mol. The van der Waals surface area contributed by atoms with E-state index in [1.54, 1.807) is 32.1 Å². The van der Waals surface area contributed by atoms with Gasteiger partial charge in [0, 0.05) is 11.2 Å². The molecule has 124 valence electrons. The Kier molecular flexibility index (Phi) is 2.72. The van der Waals surface area contributed by atoms with Gasteiger partial charge < -0.3 is 0 Å². The molecule has 0 nitrogen and oxygen atoms in total. The smallest absolute Gasteiger partial charge is 0.0413 e. The van der Waals surface area contributed by atoms with Gasteiger partial charge in [-0.15, -0.1) is 11.8 Å². The van der Waals surface area contributed by atoms with E-state index in [1.165, 1.54) is 47.1 Å². The van der Waals surface area contributed by atoms with Gasteiger partial charge in [0.05, 0.1) is 0 Å². The van der Waals surface area contributed by atoms with Crippen LogP contribution in [0.25, 0.3) is 22.3 Å². The van der Waals surface area contributed by atoms with E-state index in [9.17, 15) is 0 Å². The molecule has 4 aliphatic rings. The fourth-order valence-corrected chi connectivity index (χ4v) is 6.91. The normalized spacial score (nSPS) is 24.4. The highest BCUT2D eigenvalue weighted by Gasteiger charge is 2.40. The van der Waals surface area contributed by atoms with Crippen LogP contribution in [-0.2, 0) is 0 Å². The molecule has 6 rings (SSSR count). The van der Waals surface area contributed by atoms with Crippen LogP contribution < -0.4 is 10.4 Å². The van der Waals surface area contributed by atoms with Crippen LogP contribution in [0.15, 0.2) is 35.2 Å². The van der Waals surface area contributed by atoms with Crippen LogP contribution in [0.4, 0.5) is 0 Å². The highest BCUT2D eigenvalue weighted by molar-refractivity contribution is 8.04. The first-order valence-electron chi connectivity index (χ1n) is 9.56. The number of thioether (sulfide) groups is 1. The zero-order valence-corrected chi connectivity index (χ0v) is 15.9. The van der Waals surface area contributed by atoms with Crippen molar-refractivity contribution in [2.24, 2.45) is 0 Å². The van der Waals surface area contributed by atoms with Crippen LogP contribution >= 0.6 is 11.8 Å². The lowest BCUT2D eigenvalue weighted by Crippen LogP contribution is -2.33. The van der Waals surface area contributed by atoms with Gasteiger partial charge in [-0.05, 0) is 93.0 Å². The average Bonchev–Trinajstić information content (AvgIpc) is 3.25. The molecule has 2 aromatic rings. The predicted molar refractivity (Wildman–Crippen MR) is 108 cm³/mol. The van der Waals surface area contributed by atoms with Gasteiger partial charge in [-0.2, -0.15) is 0 Å². The maximum absolute atomic E-state index is 2.56. The number of aryl methyl sites for hydroxylation is 2. The van der Waals surface area contributed by atoms with Crippen molar-refractivity contribution in [3.8, 4) is 11.1 Å². The summed E-state index contributed by atoms with van der Waals surface area (Å²) >= 11 is 2.14. The Morgan fingerprint density at radius 1 is 0.960 bits per heavy atom. The Labute approximate surface area is 153 Å². The molecule has 0 amide bonds. The monoisotopic (exact) mass is 342 g/mol. The first-order chi connectivity index (χ1) is 12.2. The maximum Gasteiger partial charge on any atom is 0.0413 e. The summed E-state index contributed by atoms with van der Waals surface area (Å²) in [6.45, 7) is 6.79. The Balaban J connectivity index is 1.70. The molecule has 0 bridgehead atoms. The largest absolute Gasteiger partial charge is 0.122 e. The molecule has 0 radical (unpaired) electrons. The van der Waals surface area contributed by atoms with E-state index in [0.29, 0.717) is 11.2 Å². The van der Waals surface area contributed by atoms with Crippen LogP contribution in [0.2, 0.25) is 0 Å². The van der Waals surface area contributed by atoms with Crippen LogP contribution in [-0.4, -0.2) is 5.25 Å². The van der Waals surface area contributed by atoms with Gasteiger partial charge in [0.15, 0.2) is 0 Å². The van der Waals surface area contributed by atoms with Gasteiger partial charge in [0.2, 0.25) is 0 Å². The van der Waals surface area contributed by atoms with Crippen LogP contribution in [0.3, 0.4) is 0 Å². The summed E-state index contributed by atoms with van der Waals surface area (Å²) in [5.74, 6) is 0.627. The Morgan fingerprint density at radius 2 is 1.76 bits per heavy atom. The standard InChI is InChI=1S/C24H22S/c1-4-14-11-21-17-6-5-15-19-9-12(2)13(3)10-20(19)16-7-8-18(24(21)25-14)23(17)22(15)16/h5-6,9-11,21,24H,4,7-8H2,1-3H3. The number of allylic oxidation sites excluding steroid dienone is 2. The lowest BCUT2D eigenvalue weighted by Gasteiger charge is -2.17. The van der Waals surface area contributed by atoms with Gasteiger partial charge in [0.25, 0.3) is 0 Å². The molecule has 0 fully saturated rings. The molecule has 0 aromatic heterocycles. The molecule has 0 N–H and O–H groups in total. The third-order valence-electron chi connectivity index (χ3n) is 6.77. The molecule has 2 aromatic carbocycles. The highest BCUT2D eigenvalue weighted by Crippen LogP contribution is 2.52. The summed E-state index contributed by atoms with van der Waals surface area (Å²) in [7, 11) is 0. The summed E-state index contributed by atoms with van der Waals surface area (Å²) in [5.41, 5.74) is 12.3. The van der Waals surface area contributed by atoms with Crippen molar-refractivity contribution in [3.05, 3.63) is 67.9 Å². The third-order valence-corrected chi connectivity index (χ3v) is 8.33. The van der Waals surface area contributed by atoms with E-state index in [1.807, 2.05) is 0 Å². The summed E-state index contributed by atoms with van der Waals surface area (Å²) < 4.78 is 0. The van der Waals surface area contributed by atoms with Gasteiger partial charge in [-0.3, -0.25) is 0 Å². The second-order valence-electron chi connectivity index (χ2n) is 7.99. The molecule has 1 heterocycles. The zero-order chi connectivity index (χ0) is 16.9. The minimum Gasteiger partial charge on any atom is -0.122 e. The lowest BCUT2D eigenvalue weighted by molar-refractivity contribution is 0.909. The summed E-state index contributed by atoms with van der Waals surface area (Å²) in [5, 5.41) is 3.92. The van der Waals surface area contributed by atoms with Crippen molar-refractivity contribution in [2.45, 2.75) is 51.2 Å². The number of fused-ring (bicyclic) bond motifs is 6.